The molecule has 0 N–H and O–H groups in total. The van der Waals surface area contributed by atoms with Crippen molar-refractivity contribution >= 4 is 11.6 Å². The minimum atomic E-state index is 0.227. The highest BCUT2D eigenvalue weighted by Gasteiger charge is 2.23. The van der Waals surface area contributed by atoms with Gasteiger partial charge in [-0.1, -0.05) is 12.1 Å². The van der Waals surface area contributed by atoms with Crippen molar-refractivity contribution in [2.45, 2.75) is 25.8 Å². The molecule has 2 aromatic rings. The van der Waals surface area contributed by atoms with Crippen molar-refractivity contribution in [1.29, 1.82) is 0 Å². The van der Waals surface area contributed by atoms with E-state index in [1.54, 1.807) is 21.3 Å². The molecule has 0 unspecified atom stereocenters. The number of ether oxygens (including phenoxy) is 3. The topological polar surface area (TPSA) is 54.5 Å². The van der Waals surface area contributed by atoms with Crippen LogP contribution in [-0.4, -0.2) is 76.3 Å². The molecule has 2 aliphatic heterocycles. The normalized spacial score (nSPS) is 16.9. The molecule has 7 heteroatoms. The van der Waals surface area contributed by atoms with E-state index in [1.165, 1.54) is 11.3 Å². The number of piperazine rings is 1. The van der Waals surface area contributed by atoms with Crippen LogP contribution in [0.3, 0.4) is 0 Å². The van der Waals surface area contributed by atoms with Crippen LogP contribution in [0, 0.1) is 0 Å². The number of carbonyl (C=O) groups is 1. The van der Waals surface area contributed by atoms with E-state index < -0.39 is 0 Å². The van der Waals surface area contributed by atoms with E-state index >= 15 is 0 Å². The number of methoxy groups -OCH3 is 3. The van der Waals surface area contributed by atoms with Crippen molar-refractivity contribution in [3.63, 3.8) is 0 Å². The molecule has 4 rings (SSSR count). The molecule has 2 heterocycles. The number of fused-ring (bicyclic) bond motifs is 1. The summed E-state index contributed by atoms with van der Waals surface area (Å²) in [6.45, 7) is 6.42. The second-order valence-electron chi connectivity index (χ2n) is 8.65. The number of para-hydroxylation sites is 2. The van der Waals surface area contributed by atoms with Crippen LogP contribution in [-0.2, 0) is 17.8 Å². The molecule has 7 nitrogen and oxygen atoms in total. The zero-order chi connectivity index (χ0) is 23.2. The Morgan fingerprint density at radius 1 is 0.788 bits per heavy atom. The summed E-state index contributed by atoms with van der Waals surface area (Å²) in [4.78, 5) is 19.7. The van der Waals surface area contributed by atoms with Gasteiger partial charge >= 0.3 is 0 Å². The summed E-state index contributed by atoms with van der Waals surface area (Å²) in [5.41, 5.74) is 3.50. The van der Waals surface area contributed by atoms with Crippen LogP contribution in [0.15, 0.2) is 36.4 Å². The first-order valence-electron chi connectivity index (χ1n) is 11.7. The summed E-state index contributed by atoms with van der Waals surface area (Å²) >= 11 is 0. The second-order valence-corrected chi connectivity index (χ2v) is 8.65. The Morgan fingerprint density at radius 2 is 1.45 bits per heavy atom. The highest BCUT2D eigenvalue weighted by atomic mass is 16.5. The molecule has 178 valence electrons. The summed E-state index contributed by atoms with van der Waals surface area (Å²) in [7, 11) is 5.02. The van der Waals surface area contributed by atoms with E-state index in [1.807, 2.05) is 29.2 Å². The quantitative estimate of drug-likeness (QED) is 0.612. The van der Waals surface area contributed by atoms with E-state index in [0.29, 0.717) is 13.0 Å². The molecule has 0 spiro atoms. The van der Waals surface area contributed by atoms with Crippen molar-refractivity contribution in [2.75, 3.05) is 65.5 Å². The minimum Gasteiger partial charge on any atom is -0.495 e. The number of hydrogen-bond acceptors (Lipinski definition) is 6. The SMILES string of the molecule is COc1cc2c(cc1OC)CN(CCCN1CCN(c3ccccc3OC)CC1)C(=O)CC2. The fraction of sp³-hybridized carbons (Fsp3) is 0.500. The molecular formula is C26H35N3O4. The molecule has 0 bridgehead atoms. The maximum Gasteiger partial charge on any atom is 0.223 e. The zero-order valence-electron chi connectivity index (χ0n) is 20.0. The summed E-state index contributed by atoms with van der Waals surface area (Å²) in [6, 6.07) is 12.3. The molecule has 0 saturated carbocycles. The third-order valence-electron chi connectivity index (χ3n) is 6.73. The molecule has 33 heavy (non-hydrogen) atoms. The Morgan fingerprint density at radius 3 is 2.15 bits per heavy atom. The van der Waals surface area contributed by atoms with Gasteiger partial charge in [-0.15, -0.1) is 0 Å². The Balaban J connectivity index is 1.29. The second kappa shape index (κ2) is 10.8. The van der Waals surface area contributed by atoms with Gasteiger partial charge in [-0.25, -0.2) is 0 Å². The summed E-state index contributed by atoms with van der Waals surface area (Å²) < 4.78 is 16.4. The van der Waals surface area contributed by atoms with Crippen LogP contribution in [0.5, 0.6) is 17.2 Å². The number of anilines is 1. The smallest absolute Gasteiger partial charge is 0.223 e. The summed E-state index contributed by atoms with van der Waals surface area (Å²) in [6.07, 6.45) is 2.26. The van der Waals surface area contributed by atoms with Crippen LogP contribution < -0.4 is 19.1 Å². The first-order valence-corrected chi connectivity index (χ1v) is 11.7. The predicted molar refractivity (Wildman–Crippen MR) is 130 cm³/mol. The first kappa shape index (κ1) is 23.2. The number of rotatable bonds is 8. The third-order valence-corrected chi connectivity index (χ3v) is 6.73. The Labute approximate surface area is 196 Å². The lowest BCUT2D eigenvalue weighted by atomic mass is 10.0. The number of amides is 1. The van der Waals surface area contributed by atoms with Crippen molar-refractivity contribution in [1.82, 2.24) is 9.80 Å². The number of nitrogens with zero attached hydrogens (tertiary/aromatic N) is 3. The van der Waals surface area contributed by atoms with Gasteiger partial charge in [-0.3, -0.25) is 9.69 Å². The van der Waals surface area contributed by atoms with Crippen molar-refractivity contribution in [3.05, 3.63) is 47.5 Å². The Hall–Kier alpha value is -2.93. The molecule has 1 fully saturated rings. The molecule has 1 amide bonds. The van der Waals surface area contributed by atoms with E-state index in [4.69, 9.17) is 14.2 Å². The highest BCUT2D eigenvalue weighted by Crippen LogP contribution is 2.33. The van der Waals surface area contributed by atoms with Crippen LogP contribution >= 0.6 is 0 Å². The van der Waals surface area contributed by atoms with Crippen molar-refractivity contribution in [3.8, 4) is 17.2 Å². The molecule has 0 radical (unpaired) electrons. The summed E-state index contributed by atoms with van der Waals surface area (Å²) in [5.74, 6) is 2.60. The van der Waals surface area contributed by atoms with E-state index in [-0.39, 0.29) is 5.91 Å². The Bertz CT molecular complexity index is 957. The first-order chi connectivity index (χ1) is 16.1. The molecule has 0 aromatic heterocycles. The fourth-order valence-electron chi connectivity index (χ4n) is 4.83. The molecule has 2 aromatic carbocycles. The average Bonchev–Trinajstić information content (AvgIpc) is 3.01. The van der Waals surface area contributed by atoms with Crippen LogP contribution in [0.1, 0.15) is 24.0 Å². The predicted octanol–water partition coefficient (Wildman–Crippen LogP) is 3.20. The maximum absolute atomic E-state index is 12.8. The number of benzene rings is 2. The van der Waals surface area contributed by atoms with Gasteiger partial charge in [0.05, 0.1) is 27.0 Å². The maximum atomic E-state index is 12.8. The average molecular weight is 454 g/mol. The van der Waals surface area contributed by atoms with Gasteiger partial charge in [-0.05, 0) is 54.8 Å². The summed E-state index contributed by atoms with van der Waals surface area (Å²) in [5, 5.41) is 0. The van der Waals surface area contributed by atoms with Gasteiger partial charge in [0.2, 0.25) is 5.91 Å². The van der Waals surface area contributed by atoms with E-state index in [2.05, 4.69) is 21.9 Å². The lowest BCUT2D eigenvalue weighted by Gasteiger charge is -2.37. The van der Waals surface area contributed by atoms with Gasteiger partial charge in [0.25, 0.3) is 0 Å². The van der Waals surface area contributed by atoms with Crippen LogP contribution in [0.2, 0.25) is 0 Å². The minimum absolute atomic E-state index is 0.227. The number of aryl methyl sites for hydroxylation is 1. The van der Waals surface area contributed by atoms with Gasteiger partial charge in [0, 0.05) is 45.7 Å². The highest BCUT2D eigenvalue weighted by molar-refractivity contribution is 5.77. The van der Waals surface area contributed by atoms with Crippen molar-refractivity contribution < 1.29 is 19.0 Å². The molecule has 0 atom stereocenters. The molecular weight excluding hydrogens is 418 g/mol. The van der Waals surface area contributed by atoms with Gasteiger partial charge < -0.3 is 24.0 Å². The van der Waals surface area contributed by atoms with E-state index in [9.17, 15) is 4.79 Å². The monoisotopic (exact) mass is 453 g/mol. The standard InChI is InChI=1S/C26H35N3O4/c1-31-23-8-5-4-7-22(23)28-15-13-27(14-16-28)11-6-12-29-19-21-18-25(33-3)24(32-2)17-20(21)9-10-26(29)30/h4-5,7-8,17-18H,6,9-16,19H2,1-3H3. The van der Waals surface area contributed by atoms with Crippen LogP contribution in [0.25, 0.3) is 0 Å². The van der Waals surface area contributed by atoms with Gasteiger partial charge in [0.1, 0.15) is 5.75 Å². The number of carbonyl (C=O) groups excluding carboxylic acids is 1. The van der Waals surface area contributed by atoms with Crippen LogP contribution in [0.4, 0.5) is 5.69 Å². The van der Waals surface area contributed by atoms with Gasteiger partial charge in [-0.2, -0.15) is 0 Å². The van der Waals surface area contributed by atoms with Gasteiger partial charge in [0.15, 0.2) is 11.5 Å². The Kier molecular flexibility index (Phi) is 7.60. The zero-order valence-corrected chi connectivity index (χ0v) is 20.0. The fourth-order valence-corrected chi connectivity index (χ4v) is 4.83. The van der Waals surface area contributed by atoms with E-state index in [0.717, 1.165) is 74.9 Å². The lowest BCUT2D eigenvalue weighted by molar-refractivity contribution is -0.131. The third kappa shape index (κ3) is 5.36. The molecule has 2 aliphatic rings. The number of hydrogen-bond donors (Lipinski definition) is 0. The molecule has 1 saturated heterocycles. The lowest BCUT2D eigenvalue weighted by Crippen LogP contribution is -2.47. The largest absolute Gasteiger partial charge is 0.495 e. The van der Waals surface area contributed by atoms with Crippen molar-refractivity contribution in [2.24, 2.45) is 0 Å². The molecule has 0 aliphatic carbocycles.